The normalized spacial score (nSPS) is 40.5. The number of rotatable bonds is 12. The number of nitrogens with zero attached hydrogens (tertiary/aromatic N) is 2. The minimum Gasteiger partial charge on any atom is -0.464 e. The molecular formula is C45H74N2O4. The molecule has 0 N–H and O–H groups in total. The fourth-order valence-electron chi connectivity index (χ4n) is 14.1. The van der Waals surface area contributed by atoms with Crippen molar-refractivity contribution in [2.45, 2.75) is 158 Å². The number of carbonyl (C=O) groups is 3. The van der Waals surface area contributed by atoms with Crippen molar-refractivity contribution in [3.63, 3.8) is 0 Å². The molecule has 0 aromatic rings. The lowest BCUT2D eigenvalue weighted by Gasteiger charge is -2.72. The SMILES string of the molecule is C=C(C)[C@@H]1CC[C@]2(C(=O)OCCN3CCN(C(=O)CCCCCCCC)CC3)CC[C@]3(C)[C@H](CC[C@@H]4[C@@]5(C)CCC(=O)C(C)(C)[C@@H]5CC[C@]43C)[C@@H]12. The molecule has 6 fully saturated rings. The summed E-state index contributed by atoms with van der Waals surface area (Å²) in [7, 11) is 0. The third-order valence-corrected chi connectivity index (χ3v) is 17.3. The van der Waals surface area contributed by atoms with Gasteiger partial charge in [-0.25, -0.2) is 0 Å². The topological polar surface area (TPSA) is 66.9 Å². The van der Waals surface area contributed by atoms with E-state index in [1.54, 1.807) is 0 Å². The van der Waals surface area contributed by atoms with Gasteiger partial charge in [-0.2, -0.15) is 0 Å². The second-order valence-corrected chi connectivity index (χ2v) is 19.9. The van der Waals surface area contributed by atoms with Gasteiger partial charge < -0.3 is 9.64 Å². The molecule has 0 bridgehead atoms. The number of fused-ring (bicyclic) bond motifs is 7. The first-order chi connectivity index (χ1) is 24.2. The minimum atomic E-state index is -0.404. The first-order valence-electron chi connectivity index (χ1n) is 21.5. The summed E-state index contributed by atoms with van der Waals surface area (Å²) in [5.41, 5.74) is 1.17. The first kappa shape index (κ1) is 39.0. The van der Waals surface area contributed by atoms with Crippen LogP contribution in [0.4, 0.5) is 0 Å². The number of esters is 1. The van der Waals surface area contributed by atoms with Gasteiger partial charge in [0.25, 0.3) is 0 Å². The number of allylic oxidation sites excluding steroid dienone is 1. The monoisotopic (exact) mass is 707 g/mol. The van der Waals surface area contributed by atoms with Gasteiger partial charge in [0.1, 0.15) is 12.4 Å². The van der Waals surface area contributed by atoms with E-state index in [1.165, 1.54) is 50.5 Å². The molecule has 9 atom stereocenters. The molecular weight excluding hydrogens is 633 g/mol. The lowest BCUT2D eigenvalue weighted by molar-refractivity contribution is -0.236. The summed E-state index contributed by atoms with van der Waals surface area (Å²) in [6.45, 7) is 25.7. The van der Waals surface area contributed by atoms with Gasteiger partial charge in [-0.3, -0.25) is 19.3 Å². The molecule has 0 unspecified atom stereocenters. The van der Waals surface area contributed by atoms with Gasteiger partial charge in [0.2, 0.25) is 5.91 Å². The van der Waals surface area contributed by atoms with Crippen molar-refractivity contribution >= 4 is 17.7 Å². The number of hydrogen-bond acceptors (Lipinski definition) is 5. The highest BCUT2D eigenvalue weighted by Gasteiger charge is 2.72. The Morgan fingerprint density at radius 1 is 0.804 bits per heavy atom. The highest BCUT2D eigenvalue weighted by Crippen LogP contribution is 2.77. The van der Waals surface area contributed by atoms with E-state index < -0.39 is 5.41 Å². The minimum absolute atomic E-state index is 0.0570. The van der Waals surface area contributed by atoms with Crippen molar-refractivity contribution in [2.24, 2.45) is 56.7 Å². The number of ketones is 1. The molecule has 6 aliphatic rings. The van der Waals surface area contributed by atoms with Crippen LogP contribution < -0.4 is 0 Å². The van der Waals surface area contributed by atoms with Crippen LogP contribution in [0.1, 0.15) is 158 Å². The van der Waals surface area contributed by atoms with Crippen molar-refractivity contribution in [3.05, 3.63) is 12.2 Å². The van der Waals surface area contributed by atoms with E-state index in [2.05, 4.69) is 59.9 Å². The van der Waals surface area contributed by atoms with Crippen molar-refractivity contribution in [2.75, 3.05) is 39.3 Å². The van der Waals surface area contributed by atoms with Crippen LogP contribution in [-0.4, -0.2) is 66.8 Å². The molecule has 6 nitrogen and oxygen atoms in total. The van der Waals surface area contributed by atoms with Crippen molar-refractivity contribution in [3.8, 4) is 0 Å². The number of ether oxygens (including phenoxy) is 1. The molecule has 1 saturated heterocycles. The van der Waals surface area contributed by atoms with E-state index >= 15 is 0 Å². The molecule has 288 valence electrons. The summed E-state index contributed by atoms with van der Waals surface area (Å²) < 4.78 is 6.33. The number of hydrogen-bond donors (Lipinski definition) is 0. The predicted molar refractivity (Wildman–Crippen MR) is 206 cm³/mol. The fraction of sp³-hybridized carbons (Fsp3) is 0.889. The predicted octanol–water partition coefficient (Wildman–Crippen LogP) is 9.65. The van der Waals surface area contributed by atoms with Crippen LogP contribution in [0.25, 0.3) is 0 Å². The molecule has 6 heteroatoms. The second kappa shape index (κ2) is 14.9. The molecule has 1 amide bonds. The Morgan fingerprint density at radius 2 is 1.51 bits per heavy atom. The molecule has 0 spiro atoms. The average Bonchev–Trinajstić information content (AvgIpc) is 3.50. The molecule has 0 aromatic carbocycles. The molecule has 1 heterocycles. The van der Waals surface area contributed by atoms with E-state index in [9.17, 15) is 14.4 Å². The van der Waals surface area contributed by atoms with Crippen LogP contribution in [0.15, 0.2) is 12.2 Å². The number of carbonyl (C=O) groups excluding carboxylic acids is 3. The molecule has 0 aromatic heterocycles. The van der Waals surface area contributed by atoms with Crippen LogP contribution >= 0.6 is 0 Å². The lowest BCUT2D eigenvalue weighted by Crippen LogP contribution is -2.66. The largest absolute Gasteiger partial charge is 0.464 e. The maximum atomic E-state index is 14.5. The van der Waals surface area contributed by atoms with Crippen LogP contribution in [0.2, 0.25) is 0 Å². The maximum absolute atomic E-state index is 14.5. The smallest absolute Gasteiger partial charge is 0.312 e. The van der Waals surface area contributed by atoms with Gasteiger partial charge in [-0.05, 0) is 117 Å². The number of piperazine rings is 1. The van der Waals surface area contributed by atoms with Crippen LogP contribution in [-0.2, 0) is 19.1 Å². The van der Waals surface area contributed by atoms with E-state index in [-0.39, 0.29) is 27.6 Å². The molecule has 5 aliphatic carbocycles. The van der Waals surface area contributed by atoms with Crippen molar-refractivity contribution < 1.29 is 19.1 Å². The molecule has 51 heavy (non-hydrogen) atoms. The third kappa shape index (κ3) is 6.60. The van der Waals surface area contributed by atoms with E-state index in [1.807, 2.05) is 4.90 Å². The Hall–Kier alpha value is -1.69. The van der Waals surface area contributed by atoms with Gasteiger partial charge in [0, 0.05) is 51.0 Å². The first-order valence-corrected chi connectivity index (χ1v) is 21.5. The average molecular weight is 707 g/mol. The summed E-state index contributed by atoms with van der Waals surface area (Å²) in [5, 5.41) is 0. The van der Waals surface area contributed by atoms with Gasteiger partial charge in [-0.1, -0.05) is 85.8 Å². The highest BCUT2D eigenvalue weighted by molar-refractivity contribution is 5.85. The summed E-state index contributed by atoms with van der Waals surface area (Å²) >= 11 is 0. The maximum Gasteiger partial charge on any atom is 0.312 e. The zero-order valence-corrected chi connectivity index (χ0v) is 33.9. The summed E-state index contributed by atoms with van der Waals surface area (Å²) in [4.78, 5) is 44.9. The van der Waals surface area contributed by atoms with Crippen molar-refractivity contribution in [1.82, 2.24) is 9.80 Å². The number of amides is 1. The van der Waals surface area contributed by atoms with Gasteiger partial charge in [0.05, 0.1) is 5.41 Å². The molecule has 1 aliphatic heterocycles. The molecule has 6 rings (SSSR count). The standard InChI is InChI=1S/C45H74N2O4/c1-9-10-11-12-13-14-15-38(49)47-28-26-46(27-29-47)30-31-51-40(50)45-23-18-33(32(2)3)39(45)34-16-17-36-42(6)21-20-37(48)41(4,5)35(42)19-22-44(36,8)43(34,7)24-25-45/h33-36,39H,2,9-31H2,1,3-8H3/t33-,34+,35-,36+,39+,42-,43+,44+,45-/m0/s1. The van der Waals surface area contributed by atoms with Gasteiger partial charge in [0.15, 0.2) is 0 Å². The fourth-order valence-corrected chi connectivity index (χ4v) is 14.1. The van der Waals surface area contributed by atoms with Crippen LogP contribution in [0.3, 0.4) is 0 Å². The third-order valence-electron chi connectivity index (χ3n) is 17.3. The number of unbranched alkanes of at least 4 members (excludes halogenated alkanes) is 5. The zero-order chi connectivity index (χ0) is 36.8. The Morgan fingerprint density at radius 3 is 2.22 bits per heavy atom. The van der Waals surface area contributed by atoms with E-state index in [0.29, 0.717) is 54.3 Å². The molecule has 5 saturated carbocycles. The number of Topliss-reactive ketones (excluding diaryl/α,β-unsaturated/α-hetero) is 1. The summed E-state index contributed by atoms with van der Waals surface area (Å²) in [5.74, 6) is 3.09. The second-order valence-electron chi connectivity index (χ2n) is 19.9. The Kier molecular flexibility index (Phi) is 11.4. The summed E-state index contributed by atoms with van der Waals surface area (Å²) in [6, 6.07) is 0. The van der Waals surface area contributed by atoms with E-state index in [4.69, 9.17) is 4.74 Å². The Labute approximate surface area is 311 Å². The molecule has 0 radical (unpaired) electrons. The van der Waals surface area contributed by atoms with Crippen LogP contribution in [0.5, 0.6) is 0 Å². The highest BCUT2D eigenvalue weighted by atomic mass is 16.5. The summed E-state index contributed by atoms with van der Waals surface area (Å²) in [6.07, 6.45) is 18.4. The Bertz CT molecular complexity index is 1320. The lowest BCUT2D eigenvalue weighted by atomic mass is 9.32. The van der Waals surface area contributed by atoms with E-state index in [0.717, 1.165) is 90.5 Å². The van der Waals surface area contributed by atoms with Crippen LogP contribution in [0, 0.1) is 56.7 Å². The zero-order valence-electron chi connectivity index (χ0n) is 33.9. The Balaban J connectivity index is 1.08. The van der Waals surface area contributed by atoms with Gasteiger partial charge >= 0.3 is 5.97 Å². The van der Waals surface area contributed by atoms with Crippen molar-refractivity contribution in [1.29, 1.82) is 0 Å². The quantitative estimate of drug-likeness (QED) is 0.115. The van der Waals surface area contributed by atoms with Gasteiger partial charge in [-0.15, -0.1) is 0 Å².